The third-order valence-electron chi connectivity index (χ3n) is 7.58. The number of benzene rings is 2. The van der Waals surface area contributed by atoms with Gasteiger partial charge in [0, 0.05) is 11.8 Å². The minimum absolute atomic E-state index is 0.0951. The summed E-state index contributed by atoms with van der Waals surface area (Å²) in [5.41, 5.74) is 7.09. The molecule has 2 fully saturated rings. The maximum atomic E-state index is 13.4. The van der Waals surface area contributed by atoms with Crippen LogP contribution in [0.4, 0.5) is 0 Å². The van der Waals surface area contributed by atoms with Crippen LogP contribution in [0.15, 0.2) is 60.7 Å². The second kappa shape index (κ2) is 7.59. The number of hydrogen-bond acceptors (Lipinski definition) is 4. The van der Waals surface area contributed by atoms with Gasteiger partial charge in [0.25, 0.3) is 0 Å². The first kappa shape index (κ1) is 21.2. The van der Waals surface area contributed by atoms with Crippen molar-refractivity contribution in [2.24, 2.45) is 22.5 Å². The number of Topliss-reactive ketones (excluding diaryl/α,β-unsaturated/α-hetero) is 1. The maximum absolute atomic E-state index is 13.4. The molecule has 0 saturated heterocycles. The molecule has 4 atom stereocenters. The van der Waals surface area contributed by atoms with Gasteiger partial charge >= 0.3 is 0 Å². The molecular formula is C24H30N2O3S. The summed E-state index contributed by atoms with van der Waals surface area (Å²) >= 11 is 0. The van der Waals surface area contributed by atoms with E-state index in [2.05, 4.69) is 18.6 Å². The van der Waals surface area contributed by atoms with Crippen LogP contribution >= 0.6 is 0 Å². The number of sulfonamides is 1. The highest BCUT2D eigenvalue weighted by Crippen LogP contribution is 2.64. The highest BCUT2D eigenvalue weighted by molar-refractivity contribution is 7.89. The Morgan fingerprint density at radius 2 is 1.60 bits per heavy atom. The van der Waals surface area contributed by atoms with Crippen molar-refractivity contribution in [2.45, 2.75) is 45.2 Å². The minimum Gasteiger partial charge on any atom is -0.322 e. The van der Waals surface area contributed by atoms with Crippen LogP contribution in [-0.4, -0.2) is 20.0 Å². The quantitative estimate of drug-likeness (QED) is 0.706. The number of nitrogens with two attached hydrogens (primary N) is 1. The number of rotatable bonds is 7. The van der Waals surface area contributed by atoms with Crippen molar-refractivity contribution >= 4 is 15.8 Å². The van der Waals surface area contributed by atoms with Crippen LogP contribution in [0.3, 0.4) is 0 Å². The molecule has 2 unspecified atom stereocenters. The van der Waals surface area contributed by atoms with Crippen molar-refractivity contribution in [3.63, 3.8) is 0 Å². The van der Waals surface area contributed by atoms with Gasteiger partial charge in [-0.15, -0.1) is 0 Å². The Morgan fingerprint density at radius 3 is 2.10 bits per heavy atom. The average Bonchev–Trinajstić information content (AvgIpc) is 3.07. The normalized spacial score (nSPS) is 27.2. The summed E-state index contributed by atoms with van der Waals surface area (Å²) in [5, 5.41) is 0. The summed E-state index contributed by atoms with van der Waals surface area (Å²) in [6, 6.07) is 17.7. The van der Waals surface area contributed by atoms with Crippen LogP contribution in [0.1, 0.15) is 56.3 Å². The molecule has 0 aromatic heterocycles. The lowest BCUT2D eigenvalue weighted by Gasteiger charge is -2.37. The zero-order chi connectivity index (χ0) is 21.6. The summed E-state index contributed by atoms with van der Waals surface area (Å²) in [4.78, 5) is 12.8. The number of ketones is 1. The number of nitrogens with one attached hydrogen (secondary N) is 1. The standard InChI is InChI=1S/C24H30N2O3S/c1-23(2)19-13-14-24(23,20(27)15-19)16-30(28,29)26-22(18-11-7-4-8-12-18)21(25)17-9-5-3-6-10-17/h3-12,19,21-22,26H,13-16,25H2,1-2H3/t19?,21-,22-,24?/m0/s1. The Balaban J connectivity index is 1.65. The van der Waals surface area contributed by atoms with Crippen LogP contribution < -0.4 is 10.5 Å². The number of hydrogen-bond donors (Lipinski definition) is 2. The average molecular weight is 427 g/mol. The van der Waals surface area contributed by atoms with E-state index in [1.54, 1.807) is 0 Å². The van der Waals surface area contributed by atoms with Gasteiger partial charge in [-0.1, -0.05) is 74.5 Å². The van der Waals surface area contributed by atoms with Crippen molar-refractivity contribution in [1.29, 1.82) is 0 Å². The molecule has 0 aliphatic heterocycles. The molecule has 5 nitrogen and oxygen atoms in total. The lowest BCUT2D eigenvalue weighted by atomic mass is 9.70. The van der Waals surface area contributed by atoms with Crippen molar-refractivity contribution < 1.29 is 13.2 Å². The molecule has 0 amide bonds. The summed E-state index contributed by atoms with van der Waals surface area (Å²) in [5.74, 6) is 0.196. The van der Waals surface area contributed by atoms with Gasteiger partial charge in [-0.3, -0.25) is 4.79 Å². The molecule has 2 aromatic carbocycles. The zero-order valence-electron chi connectivity index (χ0n) is 17.5. The van der Waals surface area contributed by atoms with E-state index in [1.165, 1.54) is 0 Å². The second-order valence-corrected chi connectivity index (χ2v) is 11.1. The van der Waals surface area contributed by atoms with Gasteiger partial charge in [0.05, 0.1) is 17.8 Å². The molecule has 2 aromatic rings. The van der Waals surface area contributed by atoms with Gasteiger partial charge in [0.2, 0.25) is 10.0 Å². The van der Waals surface area contributed by atoms with Crippen LogP contribution in [0, 0.1) is 16.7 Å². The molecule has 4 rings (SSSR count). The molecule has 0 spiro atoms. The summed E-state index contributed by atoms with van der Waals surface area (Å²) in [6.45, 7) is 4.10. The van der Waals surface area contributed by atoms with Crippen LogP contribution in [-0.2, 0) is 14.8 Å². The monoisotopic (exact) mass is 426 g/mol. The van der Waals surface area contributed by atoms with E-state index >= 15 is 0 Å². The zero-order valence-corrected chi connectivity index (χ0v) is 18.4. The molecule has 30 heavy (non-hydrogen) atoms. The Hall–Kier alpha value is -2.02. The fraction of sp³-hybridized carbons (Fsp3) is 0.458. The molecule has 3 N–H and O–H groups in total. The van der Waals surface area contributed by atoms with Crippen LogP contribution in [0.5, 0.6) is 0 Å². The van der Waals surface area contributed by atoms with Gasteiger partial charge in [-0.05, 0) is 35.3 Å². The van der Waals surface area contributed by atoms with Gasteiger partial charge in [-0.2, -0.15) is 0 Å². The Morgan fingerprint density at radius 1 is 1.03 bits per heavy atom. The third kappa shape index (κ3) is 3.51. The molecular weight excluding hydrogens is 396 g/mol. The number of fused-ring (bicyclic) bond motifs is 2. The summed E-state index contributed by atoms with van der Waals surface area (Å²) < 4.78 is 29.7. The third-order valence-corrected chi connectivity index (χ3v) is 9.07. The highest BCUT2D eigenvalue weighted by Gasteiger charge is 2.65. The lowest BCUT2D eigenvalue weighted by molar-refractivity contribution is -0.128. The molecule has 160 valence electrons. The Labute approximate surface area is 179 Å². The predicted octanol–water partition coefficient (Wildman–Crippen LogP) is 3.74. The lowest BCUT2D eigenvalue weighted by Crippen LogP contribution is -2.47. The van der Waals surface area contributed by atoms with Gasteiger partial charge in [0.1, 0.15) is 5.78 Å². The minimum atomic E-state index is -3.76. The molecule has 2 bridgehead atoms. The molecule has 0 radical (unpaired) electrons. The Kier molecular flexibility index (Phi) is 5.37. The van der Waals surface area contributed by atoms with Crippen molar-refractivity contribution in [3.8, 4) is 0 Å². The molecule has 2 aliphatic rings. The number of carbonyl (C=O) groups excluding carboxylic acids is 1. The van der Waals surface area contributed by atoms with E-state index in [1.807, 2.05) is 60.7 Å². The van der Waals surface area contributed by atoms with E-state index in [0.29, 0.717) is 12.8 Å². The van der Waals surface area contributed by atoms with Crippen molar-refractivity contribution in [1.82, 2.24) is 4.72 Å². The van der Waals surface area contributed by atoms with Crippen molar-refractivity contribution in [2.75, 3.05) is 5.75 Å². The first-order valence-electron chi connectivity index (χ1n) is 10.6. The SMILES string of the molecule is CC1(C)C2CCC1(CS(=O)(=O)N[C@@H](c1ccccc1)[C@@H](N)c1ccccc1)C(=O)C2. The molecule has 0 heterocycles. The maximum Gasteiger partial charge on any atom is 0.213 e. The molecule has 2 aliphatic carbocycles. The first-order valence-corrected chi connectivity index (χ1v) is 12.2. The fourth-order valence-electron chi connectivity index (χ4n) is 5.54. The number of carbonyl (C=O) groups is 1. The van der Waals surface area contributed by atoms with Gasteiger partial charge < -0.3 is 5.73 Å². The second-order valence-electron chi connectivity index (χ2n) is 9.37. The highest BCUT2D eigenvalue weighted by atomic mass is 32.2. The summed E-state index contributed by atoms with van der Waals surface area (Å²) in [7, 11) is -3.76. The van der Waals surface area contributed by atoms with E-state index in [0.717, 1.165) is 17.5 Å². The summed E-state index contributed by atoms with van der Waals surface area (Å²) in [6.07, 6.45) is 2.05. The van der Waals surface area contributed by atoms with Gasteiger partial charge in [-0.25, -0.2) is 13.1 Å². The van der Waals surface area contributed by atoms with E-state index in [9.17, 15) is 13.2 Å². The fourth-order valence-corrected chi connectivity index (χ4v) is 7.62. The predicted molar refractivity (Wildman–Crippen MR) is 118 cm³/mol. The largest absolute Gasteiger partial charge is 0.322 e. The smallest absolute Gasteiger partial charge is 0.213 e. The topological polar surface area (TPSA) is 89.3 Å². The van der Waals surface area contributed by atoms with E-state index in [-0.39, 0.29) is 22.9 Å². The first-order chi connectivity index (χ1) is 14.2. The van der Waals surface area contributed by atoms with E-state index < -0.39 is 27.5 Å². The van der Waals surface area contributed by atoms with Crippen LogP contribution in [0.2, 0.25) is 0 Å². The van der Waals surface area contributed by atoms with Crippen molar-refractivity contribution in [3.05, 3.63) is 71.8 Å². The molecule has 2 saturated carbocycles. The molecule has 6 heteroatoms. The Bertz CT molecular complexity index is 1020. The van der Waals surface area contributed by atoms with Crippen LogP contribution in [0.25, 0.3) is 0 Å². The van der Waals surface area contributed by atoms with Gasteiger partial charge in [0.15, 0.2) is 0 Å². The van der Waals surface area contributed by atoms with E-state index in [4.69, 9.17) is 5.73 Å².